The van der Waals surface area contributed by atoms with Gasteiger partial charge in [0.25, 0.3) is 5.91 Å². The maximum absolute atomic E-state index is 11.9. The summed E-state index contributed by atoms with van der Waals surface area (Å²) < 4.78 is 21.6. The van der Waals surface area contributed by atoms with Gasteiger partial charge in [0.2, 0.25) is 0 Å². The zero-order valence-corrected chi connectivity index (χ0v) is 15.7. The van der Waals surface area contributed by atoms with Gasteiger partial charge in [-0.3, -0.25) is 9.59 Å². The van der Waals surface area contributed by atoms with Gasteiger partial charge in [0.05, 0.1) is 13.7 Å². The third-order valence-electron chi connectivity index (χ3n) is 4.25. The molecule has 1 unspecified atom stereocenters. The number of rotatable bonds is 8. The lowest BCUT2D eigenvalue weighted by molar-refractivity contribution is -0.148. The van der Waals surface area contributed by atoms with Crippen molar-refractivity contribution < 1.29 is 28.5 Å². The van der Waals surface area contributed by atoms with Crippen LogP contribution in [0, 0.1) is 0 Å². The second kappa shape index (κ2) is 9.64. The number of benzene rings is 2. The van der Waals surface area contributed by atoms with E-state index < -0.39 is 5.97 Å². The highest BCUT2D eigenvalue weighted by Crippen LogP contribution is 2.30. The number of methoxy groups -OCH3 is 1. The molecule has 1 aliphatic heterocycles. The summed E-state index contributed by atoms with van der Waals surface area (Å²) in [5.41, 5.74) is 0.918. The number of nitrogens with one attached hydrogen (secondary N) is 1. The molecule has 1 heterocycles. The molecule has 28 heavy (non-hydrogen) atoms. The van der Waals surface area contributed by atoms with Crippen molar-refractivity contribution in [2.24, 2.45) is 0 Å². The fraction of sp³-hybridized carbons (Fsp3) is 0.333. The summed E-state index contributed by atoms with van der Waals surface area (Å²) in [4.78, 5) is 23.8. The monoisotopic (exact) mass is 385 g/mol. The number of aryl methyl sites for hydroxylation is 1. The summed E-state index contributed by atoms with van der Waals surface area (Å²) >= 11 is 0. The molecule has 7 nitrogen and oxygen atoms in total. The number of carbonyl (C=O) groups is 2. The number of ether oxygens (including phenoxy) is 4. The number of fused-ring (bicyclic) bond motifs is 1. The number of hydrogen-bond donors (Lipinski definition) is 1. The SMILES string of the molecule is COc1ccccc1CCC(=O)OCC(=O)NCC1COc2ccccc2O1. The van der Waals surface area contributed by atoms with E-state index in [1.165, 1.54) is 0 Å². The first-order valence-corrected chi connectivity index (χ1v) is 9.08. The van der Waals surface area contributed by atoms with Crippen LogP contribution in [0.3, 0.4) is 0 Å². The number of carbonyl (C=O) groups excluding carboxylic acids is 2. The second-order valence-corrected chi connectivity index (χ2v) is 6.27. The summed E-state index contributed by atoms with van der Waals surface area (Å²) in [5, 5.41) is 2.69. The molecule has 0 radical (unpaired) electrons. The van der Waals surface area contributed by atoms with Crippen molar-refractivity contribution >= 4 is 11.9 Å². The van der Waals surface area contributed by atoms with E-state index in [9.17, 15) is 9.59 Å². The Labute approximate surface area is 163 Å². The minimum atomic E-state index is -0.438. The summed E-state index contributed by atoms with van der Waals surface area (Å²) in [7, 11) is 1.58. The Kier molecular flexibility index (Phi) is 6.73. The van der Waals surface area contributed by atoms with E-state index in [1.807, 2.05) is 48.5 Å². The third-order valence-corrected chi connectivity index (χ3v) is 4.25. The van der Waals surface area contributed by atoms with Gasteiger partial charge in [0, 0.05) is 6.42 Å². The van der Waals surface area contributed by atoms with Crippen molar-refractivity contribution in [1.29, 1.82) is 0 Å². The lowest BCUT2D eigenvalue weighted by Crippen LogP contribution is -2.42. The lowest BCUT2D eigenvalue weighted by atomic mass is 10.1. The Morgan fingerprint density at radius 3 is 2.68 bits per heavy atom. The molecule has 1 N–H and O–H groups in total. The van der Waals surface area contributed by atoms with Gasteiger partial charge in [-0.15, -0.1) is 0 Å². The van der Waals surface area contributed by atoms with E-state index in [0.717, 1.165) is 11.3 Å². The summed E-state index contributed by atoms with van der Waals surface area (Å²) in [6, 6.07) is 14.8. The molecule has 7 heteroatoms. The zero-order valence-electron chi connectivity index (χ0n) is 15.7. The molecular weight excluding hydrogens is 362 g/mol. The molecule has 1 atom stereocenters. The number of hydrogen-bond acceptors (Lipinski definition) is 6. The quantitative estimate of drug-likeness (QED) is 0.701. The standard InChI is InChI=1S/C21H23NO6/c1-25-17-7-3-2-6-15(17)10-11-21(24)27-14-20(23)22-12-16-13-26-18-8-4-5-9-19(18)28-16/h2-9,16H,10-14H2,1H3,(H,22,23). The molecule has 0 aromatic heterocycles. The van der Waals surface area contributed by atoms with Gasteiger partial charge in [-0.2, -0.15) is 0 Å². The molecule has 0 aliphatic carbocycles. The average Bonchev–Trinajstić information content (AvgIpc) is 2.74. The van der Waals surface area contributed by atoms with Crippen molar-refractivity contribution in [3.8, 4) is 17.2 Å². The molecule has 0 fully saturated rings. The topological polar surface area (TPSA) is 83.1 Å². The molecule has 0 saturated carbocycles. The lowest BCUT2D eigenvalue weighted by Gasteiger charge is -2.26. The van der Waals surface area contributed by atoms with E-state index >= 15 is 0 Å². The average molecular weight is 385 g/mol. The summed E-state index contributed by atoms with van der Waals surface area (Å²) in [5.74, 6) is 1.24. The van der Waals surface area contributed by atoms with Crippen LogP contribution in [0.4, 0.5) is 0 Å². The Morgan fingerprint density at radius 1 is 1.11 bits per heavy atom. The Bertz CT molecular complexity index is 822. The maximum atomic E-state index is 11.9. The van der Waals surface area contributed by atoms with Crippen molar-refractivity contribution in [3.63, 3.8) is 0 Å². The molecule has 0 saturated heterocycles. The molecule has 2 aromatic carbocycles. The van der Waals surface area contributed by atoms with E-state index in [1.54, 1.807) is 7.11 Å². The molecule has 148 valence electrons. The van der Waals surface area contributed by atoms with E-state index in [0.29, 0.717) is 24.5 Å². The normalized spacial score (nSPS) is 14.8. The predicted octanol–water partition coefficient (Wildman–Crippen LogP) is 2.13. The first-order chi connectivity index (χ1) is 13.7. The van der Waals surface area contributed by atoms with Crippen LogP contribution in [0.1, 0.15) is 12.0 Å². The Balaban J connectivity index is 1.35. The Hall–Kier alpha value is -3.22. The number of esters is 1. The van der Waals surface area contributed by atoms with Crippen LogP contribution in [0.5, 0.6) is 17.2 Å². The van der Waals surface area contributed by atoms with Crippen molar-refractivity contribution in [2.45, 2.75) is 18.9 Å². The van der Waals surface area contributed by atoms with Gasteiger partial charge in [-0.25, -0.2) is 0 Å². The van der Waals surface area contributed by atoms with E-state index in [4.69, 9.17) is 18.9 Å². The number of amides is 1. The first kappa shape index (κ1) is 19.5. The van der Waals surface area contributed by atoms with Crippen LogP contribution in [-0.4, -0.2) is 44.8 Å². The largest absolute Gasteiger partial charge is 0.496 e. The summed E-state index contributed by atoms with van der Waals surface area (Å²) in [6.07, 6.45) is 0.362. The van der Waals surface area contributed by atoms with Gasteiger partial charge in [-0.1, -0.05) is 30.3 Å². The fourth-order valence-corrected chi connectivity index (χ4v) is 2.81. The van der Waals surface area contributed by atoms with Crippen LogP contribution >= 0.6 is 0 Å². The maximum Gasteiger partial charge on any atom is 0.306 e. The van der Waals surface area contributed by atoms with Crippen LogP contribution in [-0.2, 0) is 20.7 Å². The molecule has 1 aliphatic rings. The van der Waals surface area contributed by atoms with Crippen LogP contribution in [0.25, 0.3) is 0 Å². The third kappa shape index (κ3) is 5.39. The molecule has 3 rings (SSSR count). The second-order valence-electron chi connectivity index (χ2n) is 6.27. The van der Waals surface area contributed by atoms with E-state index in [-0.39, 0.29) is 31.6 Å². The Morgan fingerprint density at radius 2 is 1.86 bits per heavy atom. The van der Waals surface area contributed by atoms with E-state index in [2.05, 4.69) is 5.32 Å². The van der Waals surface area contributed by atoms with Crippen LogP contribution in [0.2, 0.25) is 0 Å². The molecular formula is C21H23NO6. The van der Waals surface area contributed by atoms with Crippen LogP contribution < -0.4 is 19.5 Å². The highest BCUT2D eigenvalue weighted by molar-refractivity contribution is 5.80. The van der Waals surface area contributed by atoms with Crippen molar-refractivity contribution in [2.75, 3.05) is 26.9 Å². The minimum Gasteiger partial charge on any atom is -0.496 e. The van der Waals surface area contributed by atoms with Gasteiger partial charge in [0.1, 0.15) is 18.5 Å². The molecule has 2 aromatic rings. The highest BCUT2D eigenvalue weighted by Gasteiger charge is 2.21. The smallest absolute Gasteiger partial charge is 0.306 e. The van der Waals surface area contributed by atoms with Gasteiger partial charge >= 0.3 is 5.97 Å². The molecule has 0 spiro atoms. The molecule has 1 amide bonds. The minimum absolute atomic E-state index is 0.171. The predicted molar refractivity (Wildman–Crippen MR) is 102 cm³/mol. The highest BCUT2D eigenvalue weighted by atomic mass is 16.6. The first-order valence-electron chi connectivity index (χ1n) is 9.08. The van der Waals surface area contributed by atoms with Gasteiger partial charge < -0.3 is 24.3 Å². The zero-order chi connectivity index (χ0) is 19.8. The van der Waals surface area contributed by atoms with Crippen molar-refractivity contribution in [1.82, 2.24) is 5.32 Å². The summed E-state index contributed by atoms with van der Waals surface area (Å²) in [6.45, 7) is 0.289. The fourth-order valence-electron chi connectivity index (χ4n) is 2.81. The van der Waals surface area contributed by atoms with Crippen LogP contribution in [0.15, 0.2) is 48.5 Å². The van der Waals surface area contributed by atoms with Gasteiger partial charge in [0.15, 0.2) is 18.1 Å². The van der Waals surface area contributed by atoms with Gasteiger partial charge in [-0.05, 0) is 30.2 Å². The van der Waals surface area contributed by atoms with Crippen molar-refractivity contribution in [3.05, 3.63) is 54.1 Å². The number of para-hydroxylation sites is 3. The molecule has 0 bridgehead atoms.